The smallest absolute Gasteiger partial charge is 0.314 e. The number of hydrogen-bond acceptors (Lipinski definition) is 6. The number of carbonyl (C=O) groups excluding carboxylic acids is 3. The van der Waals surface area contributed by atoms with Crippen molar-refractivity contribution in [2.24, 2.45) is 5.92 Å². The van der Waals surface area contributed by atoms with Gasteiger partial charge in [0.2, 0.25) is 0 Å². The van der Waals surface area contributed by atoms with Crippen LogP contribution in [-0.4, -0.2) is 29.3 Å². The molecule has 9 nitrogen and oxygen atoms in total. The second-order valence-electron chi connectivity index (χ2n) is 6.69. The van der Waals surface area contributed by atoms with E-state index in [0.717, 1.165) is 18.1 Å². The molecule has 2 aromatic rings. The van der Waals surface area contributed by atoms with E-state index < -0.39 is 35.2 Å². The lowest BCUT2D eigenvalue weighted by Gasteiger charge is -2.21. The number of hydrazine groups is 1. The van der Waals surface area contributed by atoms with Crippen molar-refractivity contribution >= 4 is 23.5 Å². The van der Waals surface area contributed by atoms with Gasteiger partial charge in [0.05, 0.1) is 10.8 Å². The van der Waals surface area contributed by atoms with E-state index in [4.69, 9.17) is 4.74 Å². The Morgan fingerprint density at radius 1 is 1.07 bits per heavy atom. The summed E-state index contributed by atoms with van der Waals surface area (Å²) in [5, 5.41) is 10.8. The van der Waals surface area contributed by atoms with Crippen LogP contribution in [0.2, 0.25) is 0 Å². The molecule has 0 saturated carbocycles. The highest BCUT2D eigenvalue weighted by Gasteiger charge is 2.27. The monoisotopic (exact) mass is 413 g/mol. The van der Waals surface area contributed by atoms with E-state index in [9.17, 15) is 24.5 Å². The molecular weight excluding hydrogens is 390 g/mol. The normalized spacial score (nSPS) is 12.3. The number of rotatable bonds is 8. The summed E-state index contributed by atoms with van der Waals surface area (Å²) in [6, 6.07) is 14.2. The Balaban J connectivity index is 1.90. The molecule has 0 spiro atoms. The first kappa shape index (κ1) is 22.5. The van der Waals surface area contributed by atoms with Crippen molar-refractivity contribution in [2.75, 3.05) is 6.61 Å². The Morgan fingerprint density at radius 3 is 2.40 bits per heavy atom. The minimum atomic E-state index is -0.738. The average Bonchev–Trinajstić information content (AvgIpc) is 2.76. The molecule has 0 saturated heterocycles. The third-order valence-corrected chi connectivity index (χ3v) is 4.61. The number of non-ortho nitro benzene ring substituents is 1. The molecule has 2 N–H and O–H groups in total. The van der Waals surface area contributed by atoms with Crippen molar-refractivity contribution in [3.8, 4) is 0 Å². The third-order valence-electron chi connectivity index (χ3n) is 4.61. The largest absolute Gasteiger partial charge is 0.455 e. The predicted molar refractivity (Wildman–Crippen MR) is 108 cm³/mol. The van der Waals surface area contributed by atoms with Gasteiger partial charge in [0.25, 0.3) is 17.5 Å². The van der Waals surface area contributed by atoms with Crippen molar-refractivity contribution in [1.29, 1.82) is 0 Å². The summed E-state index contributed by atoms with van der Waals surface area (Å²) in [6.45, 7) is 3.32. The first-order valence-electron chi connectivity index (χ1n) is 9.38. The van der Waals surface area contributed by atoms with E-state index in [1.165, 1.54) is 18.2 Å². The molecule has 0 aliphatic carbocycles. The molecule has 0 fully saturated rings. The average molecular weight is 413 g/mol. The number of nitrogens with one attached hydrogen (secondary N) is 2. The Labute approximate surface area is 173 Å². The van der Waals surface area contributed by atoms with Crippen LogP contribution >= 0.6 is 0 Å². The molecule has 0 aromatic heterocycles. The van der Waals surface area contributed by atoms with E-state index in [-0.39, 0.29) is 17.2 Å². The standard InChI is InChI=1S/C21H23N3O6/c1-3-14(2)19(15-8-5-4-6-9-15)21(27)30-13-18(25)22-23-20(26)16-10-7-11-17(12-16)24(28)29/h4-12,14,19H,3,13H2,1-2H3,(H,22,25)(H,23,26)/t14-,19+/m1/s1. The number of nitro benzene ring substituents is 1. The quantitative estimate of drug-likeness (QED) is 0.389. The zero-order valence-electron chi connectivity index (χ0n) is 16.7. The third kappa shape index (κ3) is 6.13. The van der Waals surface area contributed by atoms with Crippen LogP contribution in [-0.2, 0) is 14.3 Å². The fourth-order valence-electron chi connectivity index (χ4n) is 2.81. The van der Waals surface area contributed by atoms with E-state index in [0.29, 0.717) is 0 Å². The van der Waals surface area contributed by atoms with Crippen LogP contribution in [0.3, 0.4) is 0 Å². The van der Waals surface area contributed by atoms with Gasteiger partial charge in [0, 0.05) is 17.7 Å². The van der Waals surface area contributed by atoms with Crippen LogP contribution in [0.15, 0.2) is 54.6 Å². The topological polar surface area (TPSA) is 128 Å². The zero-order valence-corrected chi connectivity index (χ0v) is 16.7. The molecule has 9 heteroatoms. The number of carbonyl (C=O) groups is 3. The summed E-state index contributed by atoms with van der Waals surface area (Å²) in [5.74, 6) is -2.51. The van der Waals surface area contributed by atoms with Crippen LogP contribution in [0, 0.1) is 16.0 Å². The molecule has 2 rings (SSSR count). The lowest BCUT2D eigenvalue weighted by Crippen LogP contribution is -2.43. The van der Waals surface area contributed by atoms with Crippen molar-refractivity contribution in [3.63, 3.8) is 0 Å². The second-order valence-corrected chi connectivity index (χ2v) is 6.69. The molecule has 0 radical (unpaired) electrons. The predicted octanol–water partition coefficient (Wildman–Crippen LogP) is 2.73. The van der Waals surface area contributed by atoms with Crippen molar-refractivity contribution < 1.29 is 24.0 Å². The minimum Gasteiger partial charge on any atom is -0.455 e. The van der Waals surface area contributed by atoms with Gasteiger partial charge in [-0.15, -0.1) is 0 Å². The SMILES string of the molecule is CC[C@@H](C)[C@H](C(=O)OCC(=O)NNC(=O)c1cccc([N+](=O)[O-])c1)c1ccccc1. The summed E-state index contributed by atoms with van der Waals surface area (Å²) in [5.41, 5.74) is 4.81. The van der Waals surface area contributed by atoms with E-state index in [1.54, 1.807) is 0 Å². The van der Waals surface area contributed by atoms with Gasteiger partial charge >= 0.3 is 5.97 Å². The van der Waals surface area contributed by atoms with Crippen molar-refractivity contribution in [2.45, 2.75) is 26.2 Å². The molecule has 0 aliphatic heterocycles. The molecule has 0 heterocycles. The second kappa shape index (κ2) is 10.7. The number of amides is 2. The van der Waals surface area contributed by atoms with Gasteiger partial charge in [0.1, 0.15) is 0 Å². The molecular formula is C21H23N3O6. The van der Waals surface area contributed by atoms with E-state index in [1.807, 2.05) is 44.2 Å². The van der Waals surface area contributed by atoms with Gasteiger partial charge < -0.3 is 4.74 Å². The number of nitrogens with zero attached hydrogens (tertiary/aromatic N) is 1. The summed E-state index contributed by atoms with van der Waals surface area (Å²) in [7, 11) is 0. The molecule has 0 bridgehead atoms. The summed E-state index contributed by atoms with van der Waals surface area (Å²) in [6.07, 6.45) is 0.750. The zero-order chi connectivity index (χ0) is 22.1. The van der Waals surface area contributed by atoms with Gasteiger partial charge in [-0.1, -0.05) is 56.7 Å². The van der Waals surface area contributed by atoms with Crippen LogP contribution in [0.25, 0.3) is 0 Å². The van der Waals surface area contributed by atoms with Crippen LogP contribution < -0.4 is 10.9 Å². The molecule has 2 amide bonds. The first-order valence-corrected chi connectivity index (χ1v) is 9.38. The lowest BCUT2D eigenvalue weighted by molar-refractivity contribution is -0.384. The number of nitro groups is 1. The van der Waals surface area contributed by atoms with Crippen LogP contribution in [0.5, 0.6) is 0 Å². The Kier molecular flexibility index (Phi) is 8.04. The maximum Gasteiger partial charge on any atom is 0.314 e. The highest BCUT2D eigenvalue weighted by Crippen LogP contribution is 2.28. The van der Waals surface area contributed by atoms with Gasteiger partial charge in [-0.3, -0.25) is 35.3 Å². The van der Waals surface area contributed by atoms with Crippen molar-refractivity contribution in [1.82, 2.24) is 10.9 Å². The molecule has 158 valence electrons. The van der Waals surface area contributed by atoms with Gasteiger partial charge in [0.15, 0.2) is 6.61 Å². The van der Waals surface area contributed by atoms with Gasteiger partial charge in [-0.2, -0.15) is 0 Å². The van der Waals surface area contributed by atoms with Crippen LogP contribution in [0.4, 0.5) is 5.69 Å². The molecule has 0 aliphatic rings. The maximum absolute atomic E-state index is 12.6. The Hall–Kier alpha value is -3.75. The summed E-state index contributed by atoms with van der Waals surface area (Å²) in [4.78, 5) is 46.7. The molecule has 2 atom stereocenters. The number of esters is 1. The maximum atomic E-state index is 12.6. The molecule has 30 heavy (non-hydrogen) atoms. The Morgan fingerprint density at radius 2 is 1.77 bits per heavy atom. The fourth-order valence-corrected chi connectivity index (χ4v) is 2.81. The first-order chi connectivity index (χ1) is 14.3. The molecule has 2 aromatic carbocycles. The Bertz CT molecular complexity index is 916. The summed E-state index contributed by atoms with van der Waals surface area (Å²) >= 11 is 0. The van der Waals surface area contributed by atoms with E-state index in [2.05, 4.69) is 10.9 Å². The highest BCUT2D eigenvalue weighted by molar-refractivity contribution is 5.96. The van der Waals surface area contributed by atoms with Gasteiger partial charge in [-0.25, -0.2) is 0 Å². The molecule has 0 unspecified atom stereocenters. The summed E-state index contributed by atoms with van der Waals surface area (Å²) < 4.78 is 5.14. The number of benzene rings is 2. The van der Waals surface area contributed by atoms with E-state index >= 15 is 0 Å². The number of hydrogen-bond donors (Lipinski definition) is 2. The highest BCUT2D eigenvalue weighted by atomic mass is 16.6. The fraction of sp³-hybridized carbons (Fsp3) is 0.286. The minimum absolute atomic E-state index is 0.00223. The van der Waals surface area contributed by atoms with Gasteiger partial charge in [-0.05, 0) is 17.5 Å². The number of ether oxygens (including phenoxy) is 1. The van der Waals surface area contributed by atoms with Crippen LogP contribution in [0.1, 0.15) is 42.1 Å². The van der Waals surface area contributed by atoms with Crippen molar-refractivity contribution in [3.05, 3.63) is 75.8 Å². The lowest BCUT2D eigenvalue weighted by atomic mass is 9.86.